The van der Waals surface area contributed by atoms with Crippen LogP contribution in [0.4, 0.5) is 5.69 Å². The maximum atomic E-state index is 12.8. The molecule has 1 aromatic heterocycles. The molecule has 0 saturated heterocycles. The first-order chi connectivity index (χ1) is 12.6. The lowest BCUT2D eigenvalue weighted by Crippen LogP contribution is -2.45. The van der Waals surface area contributed by atoms with Crippen molar-refractivity contribution < 1.29 is 14.0 Å². The third-order valence-electron chi connectivity index (χ3n) is 3.78. The fraction of sp³-hybridized carbons (Fsp3) is 0.100. The van der Waals surface area contributed by atoms with Crippen molar-refractivity contribution in [3.63, 3.8) is 0 Å². The molecular formula is C20H17ClN2O3. The average molecular weight is 369 g/mol. The maximum absolute atomic E-state index is 12.8. The van der Waals surface area contributed by atoms with Crippen LogP contribution >= 0.6 is 11.6 Å². The third kappa shape index (κ3) is 4.52. The van der Waals surface area contributed by atoms with E-state index in [4.69, 9.17) is 16.0 Å². The normalized spacial score (nSPS) is 11.6. The lowest BCUT2D eigenvalue weighted by Gasteiger charge is -2.18. The second-order valence-electron chi connectivity index (χ2n) is 5.66. The molecule has 0 saturated carbocycles. The molecule has 3 aromatic rings. The number of benzene rings is 2. The van der Waals surface area contributed by atoms with Crippen LogP contribution in [0.1, 0.15) is 16.1 Å². The first-order valence-corrected chi connectivity index (χ1v) is 8.45. The van der Waals surface area contributed by atoms with E-state index in [9.17, 15) is 9.59 Å². The van der Waals surface area contributed by atoms with Gasteiger partial charge in [0, 0.05) is 6.42 Å². The molecule has 0 unspecified atom stereocenters. The second kappa shape index (κ2) is 8.36. The molecule has 0 aliphatic carbocycles. The molecule has 1 atom stereocenters. The first kappa shape index (κ1) is 17.8. The molecule has 26 heavy (non-hydrogen) atoms. The predicted molar refractivity (Wildman–Crippen MR) is 100 cm³/mol. The molecular weight excluding hydrogens is 352 g/mol. The molecule has 0 bridgehead atoms. The fourth-order valence-electron chi connectivity index (χ4n) is 2.48. The molecule has 0 aliphatic rings. The lowest BCUT2D eigenvalue weighted by molar-refractivity contribution is -0.118. The smallest absolute Gasteiger partial charge is 0.287 e. The Morgan fingerprint density at radius 1 is 0.962 bits per heavy atom. The topological polar surface area (TPSA) is 71.3 Å². The monoisotopic (exact) mass is 368 g/mol. The molecule has 1 heterocycles. The van der Waals surface area contributed by atoms with Crippen LogP contribution in [0.3, 0.4) is 0 Å². The summed E-state index contributed by atoms with van der Waals surface area (Å²) in [6.07, 6.45) is 1.74. The quantitative estimate of drug-likeness (QED) is 0.692. The summed E-state index contributed by atoms with van der Waals surface area (Å²) in [5, 5.41) is 5.91. The van der Waals surface area contributed by atoms with E-state index in [-0.39, 0.29) is 11.7 Å². The van der Waals surface area contributed by atoms with Gasteiger partial charge in [0.25, 0.3) is 5.91 Å². The summed E-state index contributed by atoms with van der Waals surface area (Å²) in [6.45, 7) is 0. The van der Waals surface area contributed by atoms with Gasteiger partial charge in [-0.1, -0.05) is 54.1 Å². The fourth-order valence-corrected chi connectivity index (χ4v) is 2.66. The number of hydrogen-bond donors (Lipinski definition) is 2. The Labute approximate surface area is 156 Å². The largest absolute Gasteiger partial charge is 0.459 e. The molecule has 2 amide bonds. The van der Waals surface area contributed by atoms with Crippen LogP contribution in [0.5, 0.6) is 0 Å². The number of halogens is 1. The minimum Gasteiger partial charge on any atom is -0.459 e. The molecule has 2 N–H and O–H groups in total. The molecule has 0 aliphatic heterocycles. The van der Waals surface area contributed by atoms with E-state index in [1.54, 1.807) is 36.4 Å². The van der Waals surface area contributed by atoms with E-state index in [1.807, 2.05) is 30.3 Å². The van der Waals surface area contributed by atoms with Gasteiger partial charge in [-0.2, -0.15) is 0 Å². The highest BCUT2D eigenvalue weighted by molar-refractivity contribution is 6.33. The van der Waals surface area contributed by atoms with Crippen LogP contribution in [0, 0.1) is 0 Å². The third-order valence-corrected chi connectivity index (χ3v) is 4.11. The van der Waals surface area contributed by atoms with Gasteiger partial charge >= 0.3 is 0 Å². The van der Waals surface area contributed by atoms with Crippen LogP contribution < -0.4 is 10.6 Å². The van der Waals surface area contributed by atoms with E-state index < -0.39 is 11.9 Å². The average Bonchev–Trinajstić information content (AvgIpc) is 3.19. The number of anilines is 1. The Morgan fingerprint density at radius 2 is 1.69 bits per heavy atom. The van der Waals surface area contributed by atoms with E-state index >= 15 is 0 Å². The molecule has 0 spiro atoms. The summed E-state index contributed by atoms with van der Waals surface area (Å²) in [7, 11) is 0. The minimum atomic E-state index is -0.786. The van der Waals surface area contributed by atoms with Crippen molar-refractivity contribution >= 4 is 29.1 Å². The van der Waals surface area contributed by atoms with Gasteiger partial charge in [0.05, 0.1) is 17.0 Å². The summed E-state index contributed by atoms with van der Waals surface area (Å²) in [5.41, 5.74) is 1.41. The summed E-state index contributed by atoms with van der Waals surface area (Å²) < 4.78 is 5.10. The highest BCUT2D eigenvalue weighted by Gasteiger charge is 2.23. The Morgan fingerprint density at radius 3 is 2.38 bits per heavy atom. The number of furan rings is 1. The van der Waals surface area contributed by atoms with E-state index in [0.717, 1.165) is 5.56 Å². The first-order valence-electron chi connectivity index (χ1n) is 8.07. The number of carbonyl (C=O) groups excluding carboxylic acids is 2. The van der Waals surface area contributed by atoms with Crippen LogP contribution in [0.25, 0.3) is 0 Å². The zero-order valence-electron chi connectivity index (χ0n) is 13.8. The molecule has 3 rings (SSSR count). The number of rotatable bonds is 6. The van der Waals surface area contributed by atoms with Gasteiger partial charge < -0.3 is 15.1 Å². The molecule has 0 radical (unpaired) electrons. The molecule has 2 aromatic carbocycles. The summed E-state index contributed by atoms with van der Waals surface area (Å²) >= 11 is 6.10. The molecule has 6 heteroatoms. The zero-order valence-corrected chi connectivity index (χ0v) is 14.6. The molecule has 0 fully saturated rings. The number of carbonyl (C=O) groups is 2. The van der Waals surface area contributed by atoms with Crippen LogP contribution in [-0.2, 0) is 11.2 Å². The maximum Gasteiger partial charge on any atom is 0.287 e. The summed E-state index contributed by atoms with van der Waals surface area (Å²) in [5.74, 6) is -0.666. The van der Waals surface area contributed by atoms with Crippen molar-refractivity contribution in [1.82, 2.24) is 5.32 Å². The summed E-state index contributed by atoms with van der Waals surface area (Å²) in [6, 6.07) is 18.8. The highest BCUT2D eigenvalue weighted by Crippen LogP contribution is 2.21. The van der Waals surface area contributed by atoms with Crippen molar-refractivity contribution in [3.8, 4) is 0 Å². The van der Waals surface area contributed by atoms with Gasteiger partial charge in [0.15, 0.2) is 5.76 Å². The standard InChI is InChI=1S/C20H17ClN2O3/c21-15-9-4-5-10-16(15)22-19(24)17(13-14-7-2-1-3-8-14)23-20(25)18-11-6-12-26-18/h1-12,17H,13H2,(H,22,24)(H,23,25)/t17-/m0/s1. The van der Waals surface area contributed by atoms with Crippen molar-refractivity contribution in [1.29, 1.82) is 0 Å². The molecule has 5 nitrogen and oxygen atoms in total. The van der Waals surface area contributed by atoms with Crippen LogP contribution in [-0.4, -0.2) is 17.9 Å². The number of nitrogens with one attached hydrogen (secondary N) is 2. The number of amides is 2. The van der Waals surface area contributed by atoms with Crippen molar-refractivity contribution in [2.24, 2.45) is 0 Å². The Hall–Kier alpha value is -3.05. The Kier molecular flexibility index (Phi) is 5.71. The van der Waals surface area contributed by atoms with Gasteiger partial charge in [-0.05, 0) is 29.8 Å². The highest BCUT2D eigenvalue weighted by atomic mass is 35.5. The van der Waals surface area contributed by atoms with Gasteiger partial charge in [0.2, 0.25) is 5.91 Å². The van der Waals surface area contributed by atoms with Crippen molar-refractivity contribution in [2.75, 3.05) is 5.32 Å². The van der Waals surface area contributed by atoms with E-state index in [0.29, 0.717) is 17.1 Å². The minimum absolute atomic E-state index is 0.147. The molecule has 132 valence electrons. The SMILES string of the molecule is O=C(N[C@@H](Cc1ccccc1)C(=O)Nc1ccccc1Cl)c1ccco1. The van der Waals surface area contributed by atoms with Crippen molar-refractivity contribution in [3.05, 3.63) is 89.3 Å². The van der Waals surface area contributed by atoms with Crippen LogP contribution in [0.2, 0.25) is 5.02 Å². The number of hydrogen-bond acceptors (Lipinski definition) is 3. The summed E-state index contributed by atoms with van der Waals surface area (Å²) in [4.78, 5) is 25.1. The zero-order chi connectivity index (χ0) is 18.4. The van der Waals surface area contributed by atoms with E-state index in [2.05, 4.69) is 10.6 Å². The Balaban J connectivity index is 1.78. The lowest BCUT2D eigenvalue weighted by atomic mass is 10.0. The Bertz CT molecular complexity index is 879. The van der Waals surface area contributed by atoms with E-state index in [1.165, 1.54) is 6.26 Å². The van der Waals surface area contributed by atoms with Gasteiger partial charge in [-0.3, -0.25) is 9.59 Å². The predicted octanol–water partition coefficient (Wildman–Crippen LogP) is 3.91. The van der Waals surface area contributed by atoms with Gasteiger partial charge in [-0.15, -0.1) is 0 Å². The van der Waals surface area contributed by atoms with Gasteiger partial charge in [-0.25, -0.2) is 0 Å². The van der Waals surface area contributed by atoms with Crippen LogP contribution in [0.15, 0.2) is 77.4 Å². The second-order valence-corrected chi connectivity index (χ2v) is 6.07. The van der Waals surface area contributed by atoms with Gasteiger partial charge in [0.1, 0.15) is 6.04 Å². The van der Waals surface area contributed by atoms with Crippen molar-refractivity contribution in [2.45, 2.75) is 12.5 Å². The number of para-hydroxylation sites is 1.